The summed E-state index contributed by atoms with van der Waals surface area (Å²) in [6.07, 6.45) is 5.47. The van der Waals surface area contributed by atoms with Crippen molar-refractivity contribution >= 4 is 30.7 Å². The van der Waals surface area contributed by atoms with E-state index in [9.17, 15) is 4.79 Å². The van der Waals surface area contributed by atoms with Crippen LogP contribution in [0.2, 0.25) is 0 Å². The first-order valence-electron chi connectivity index (χ1n) is 8.04. The Morgan fingerprint density at radius 1 is 1.27 bits per heavy atom. The normalized spacial score (nSPS) is 26.6. The van der Waals surface area contributed by atoms with Crippen molar-refractivity contribution in [3.05, 3.63) is 0 Å². The van der Waals surface area contributed by atoms with Crippen LogP contribution in [0.4, 0.5) is 0 Å². The molecule has 0 spiro atoms. The number of likely N-dealkylation sites (tertiary alicyclic amines) is 1. The molecule has 0 aromatic rings. The summed E-state index contributed by atoms with van der Waals surface area (Å²) in [4.78, 5) is 14.5. The molecule has 1 amide bonds. The van der Waals surface area contributed by atoms with Gasteiger partial charge in [0.1, 0.15) is 6.10 Å². The second-order valence-electron chi connectivity index (χ2n) is 6.27. The number of rotatable bonds is 6. The number of amides is 1. The monoisotopic (exact) mass is 355 g/mol. The molecule has 2 aliphatic rings. The minimum absolute atomic E-state index is 0. The minimum atomic E-state index is -0.286. The molecule has 2 rings (SSSR count). The van der Waals surface area contributed by atoms with Gasteiger partial charge < -0.3 is 20.7 Å². The summed E-state index contributed by atoms with van der Waals surface area (Å²) in [6.45, 7) is 6.95. The van der Waals surface area contributed by atoms with Gasteiger partial charge in [0, 0.05) is 19.6 Å². The number of carbonyl (C=O) groups excluding carboxylic acids is 1. The number of nitrogens with one attached hydrogen (secondary N) is 1. The first kappa shape index (κ1) is 21.9. The van der Waals surface area contributed by atoms with Crippen molar-refractivity contribution in [1.29, 1.82) is 0 Å². The summed E-state index contributed by atoms with van der Waals surface area (Å²) in [6, 6.07) is 0. The average molecular weight is 356 g/mol. The maximum absolute atomic E-state index is 12.0. The summed E-state index contributed by atoms with van der Waals surface area (Å²) >= 11 is 0. The van der Waals surface area contributed by atoms with Gasteiger partial charge in [-0.25, -0.2) is 0 Å². The molecule has 5 nitrogen and oxygen atoms in total. The number of hydrogen-bond acceptors (Lipinski definition) is 4. The van der Waals surface area contributed by atoms with Gasteiger partial charge in [-0.2, -0.15) is 0 Å². The van der Waals surface area contributed by atoms with Gasteiger partial charge in [-0.3, -0.25) is 4.79 Å². The van der Waals surface area contributed by atoms with Gasteiger partial charge in [0.25, 0.3) is 0 Å². The molecule has 2 fully saturated rings. The number of halogens is 2. The van der Waals surface area contributed by atoms with E-state index in [2.05, 4.69) is 17.1 Å². The van der Waals surface area contributed by atoms with E-state index in [0.29, 0.717) is 12.5 Å². The number of carbonyl (C=O) groups is 1. The second-order valence-corrected chi connectivity index (χ2v) is 6.27. The van der Waals surface area contributed by atoms with Crippen LogP contribution < -0.4 is 11.1 Å². The van der Waals surface area contributed by atoms with Gasteiger partial charge in [0.15, 0.2) is 0 Å². The van der Waals surface area contributed by atoms with Gasteiger partial charge in [-0.1, -0.05) is 13.3 Å². The predicted molar refractivity (Wildman–Crippen MR) is 93.9 cm³/mol. The quantitative estimate of drug-likeness (QED) is 0.758. The smallest absolute Gasteiger partial charge is 0.249 e. The molecule has 0 aliphatic carbocycles. The molecule has 0 bridgehead atoms. The molecule has 132 valence electrons. The fraction of sp³-hybridized carbons (Fsp3) is 0.933. The molecule has 3 N–H and O–H groups in total. The third-order valence-electron chi connectivity index (χ3n) is 4.31. The van der Waals surface area contributed by atoms with Gasteiger partial charge >= 0.3 is 0 Å². The molecule has 0 aromatic heterocycles. The van der Waals surface area contributed by atoms with Gasteiger partial charge in [0.2, 0.25) is 5.91 Å². The van der Waals surface area contributed by atoms with Crippen LogP contribution >= 0.6 is 24.8 Å². The molecule has 2 saturated heterocycles. The Balaban J connectivity index is 0.00000220. The molecular formula is C15H31Cl2N3O2. The van der Waals surface area contributed by atoms with Gasteiger partial charge in [0.05, 0.1) is 6.10 Å². The molecule has 2 heterocycles. The van der Waals surface area contributed by atoms with Crippen molar-refractivity contribution in [1.82, 2.24) is 10.2 Å². The van der Waals surface area contributed by atoms with Gasteiger partial charge in [-0.15, -0.1) is 24.8 Å². The van der Waals surface area contributed by atoms with Crippen molar-refractivity contribution in [2.24, 2.45) is 11.7 Å². The molecule has 22 heavy (non-hydrogen) atoms. The third-order valence-corrected chi connectivity index (χ3v) is 4.31. The number of piperidine rings is 1. The Labute approximate surface area is 146 Å². The highest BCUT2D eigenvalue weighted by atomic mass is 35.5. The molecule has 0 aromatic carbocycles. The second kappa shape index (κ2) is 11.5. The van der Waals surface area contributed by atoms with Crippen molar-refractivity contribution in [3.63, 3.8) is 0 Å². The standard InChI is InChI=1S/C15H29N3O2.2ClH/c1-12(11-18-7-3-2-4-8-18)10-17-15(19)14-6-5-13(9-16)20-14;;/h12-14H,2-11,16H2,1H3,(H,17,19);2*1H/t12?,13-,14+;;/m1../s1. The van der Waals surface area contributed by atoms with Crippen molar-refractivity contribution in [3.8, 4) is 0 Å². The van der Waals surface area contributed by atoms with Crippen LogP contribution in [0.15, 0.2) is 0 Å². The van der Waals surface area contributed by atoms with E-state index in [0.717, 1.165) is 25.9 Å². The molecule has 3 atom stereocenters. The van der Waals surface area contributed by atoms with E-state index in [1.165, 1.54) is 32.4 Å². The SMILES string of the molecule is CC(CNC(=O)[C@@H]1CC[C@H](CN)O1)CN1CCCCC1.Cl.Cl. The number of nitrogens with two attached hydrogens (primary N) is 1. The third kappa shape index (κ3) is 7.01. The van der Waals surface area contributed by atoms with E-state index < -0.39 is 0 Å². The van der Waals surface area contributed by atoms with E-state index in [4.69, 9.17) is 10.5 Å². The van der Waals surface area contributed by atoms with Gasteiger partial charge in [-0.05, 0) is 44.7 Å². The van der Waals surface area contributed by atoms with Crippen molar-refractivity contribution in [2.45, 2.75) is 51.2 Å². The molecule has 1 unspecified atom stereocenters. The lowest BCUT2D eigenvalue weighted by molar-refractivity contribution is -0.132. The number of hydrogen-bond donors (Lipinski definition) is 2. The number of nitrogens with zero attached hydrogens (tertiary/aromatic N) is 1. The lowest BCUT2D eigenvalue weighted by Gasteiger charge is -2.29. The fourth-order valence-corrected chi connectivity index (χ4v) is 3.11. The van der Waals surface area contributed by atoms with E-state index >= 15 is 0 Å². The summed E-state index contributed by atoms with van der Waals surface area (Å²) in [5.41, 5.74) is 5.56. The van der Waals surface area contributed by atoms with Crippen LogP contribution in [0.25, 0.3) is 0 Å². The maximum atomic E-state index is 12.0. The number of ether oxygens (including phenoxy) is 1. The topological polar surface area (TPSA) is 67.6 Å². The van der Waals surface area contributed by atoms with Crippen LogP contribution in [0.5, 0.6) is 0 Å². The van der Waals surface area contributed by atoms with Crippen LogP contribution in [0.3, 0.4) is 0 Å². The van der Waals surface area contributed by atoms with Crippen LogP contribution in [-0.2, 0) is 9.53 Å². The molecule has 7 heteroatoms. The van der Waals surface area contributed by atoms with Crippen molar-refractivity contribution < 1.29 is 9.53 Å². The summed E-state index contributed by atoms with van der Waals surface area (Å²) in [5.74, 6) is 0.523. The largest absolute Gasteiger partial charge is 0.364 e. The lowest BCUT2D eigenvalue weighted by atomic mass is 10.1. The molecule has 2 aliphatic heterocycles. The summed E-state index contributed by atoms with van der Waals surface area (Å²) in [5, 5.41) is 3.03. The summed E-state index contributed by atoms with van der Waals surface area (Å²) < 4.78 is 5.61. The Bertz CT molecular complexity index is 315. The Morgan fingerprint density at radius 3 is 2.55 bits per heavy atom. The average Bonchev–Trinajstić information content (AvgIpc) is 2.95. The highest BCUT2D eigenvalue weighted by molar-refractivity contribution is 5.85. The van der Waals surface area contributed by atoms with E-state index in [1.807, 2.05) is 0 Å². The Hall–Kier alpha value is -0.0700. The van der Waals surface area contributed by atoms with Crippen LogP contribution in [-0.4, -0.2) is 55.7 Å². The predicted octanol–water partition coefficient (Wildman–Crippen LogP) is 1.57. The van der Waals surface area contributed by atoms with Crippen LogP contribution in [0, 0.1) is 5.92 Å². The molecule has 0 saturated carbocycles. The minimum Gasteiger partial charge on any atom is -0.364 e. The lowest BCUT2D eigenvalue weighted by Crippen LogP contribution is -2.41. The fourth-order valence-electron chi connectivity index (χ4n) is 3.11. The maximum Gasteiger partial charge on any atom is 0.249 e. The summed E-state index contributed by atoms with van der Waals surface area (Å²) in [7, 11) is 0. The first-order valence-corrected chi connectivity index (χ1v) is 8.04. The first-order chi connectivity index (χ1) is 9.69. The zero-order chi connectivity index (χ0) is 14.4. The van der Waals surface area contributed by atoms with E-state index in [-0.39, 0.29) is 42.9 Å². The molecular weight excluding hydrogens is 325 g/mol. The highest BCUT2D eigenvalue weighted by Crippen LogP contribution is 2.19. The Morgan fingerprint density at radius 2 is 1.95 bits per heavy atom. The zero-order valence-corrected chi connectivity index (χ0v) is 15.1. The molecule has 0 radical (unpaired) electrons. The van der Waals surface area contributed by atoms with Crippen molar-refractivity contribution in [2.75, 3.05) is 32.7 Å². The zero-order valence-electron chi connectivity index (χ0n) is 13.5. The van der Waals surface area contributed by atoms with E-state index in [1.54, 1.807) is 0 Å². The Kier molecular flexibility index (Phi) is 11.4. The highest BCUT2D eigenvalue weighted by Gasteiger charge is 2.29. The van der Waals surface area contributed by atoms with Crippen LogP contribution in [0.1, 0.15) is 39.0 Å².